The highest BCUT2D eigenvalue weighted by Gasteiger charge is 2.48. The first kappa shape index (κ1) is 17.7. The van der Waals surface area contributed by atoms with E-state index in [4.69, 9.17) is 28.4 Å². The molecule has 2 heterocycles. The van der Waals surface area contributed by atoms with Crippen LogP contribution in [0.15, 0.2) is 18.2 Å². The summed E-state index contributed by atoms with van der Waals surface area (Å²) in [5.41, 5.74) is 2.19. The quantitative estimate of drug-likeness (QED) is 0.729. The highest BCUT2D eigenvalue weighted by atomic mass is 16.7. The van der Waals surface area contributed by atoms with Crippen LogP contribution in [0.3, 0.4) is 0 Å². The molecule has 1 aliphatic carbocycles. The molecule has 1 fully saturated rings. The van der Waals surface area contributed by atoms with Crippen LogP contribution in [0.4, 0.5) is 0 Å². The monoisotopic (exact) mass is 398 g/mol. The first-order chi connectivity index (χ1) is 14.1. The molecule has 1 saturated heterocycles. The first-order valence-electron chi connectivity index (χ1n) is 9.06. The standard InChI is InChI=1S/C21H18O8/c1-24-15-6-11-16(20(26-3)19(15)25-2)9-4-13-14(29-8-28-13)5-10(9)18(22)12-7-27-21(23)17(11)12/h4-6,12,17H,7-8H2,1-3H3/t12-,17+/m1/s1. The Labute approximate surface area is 166 Å². The summed E-state index contributed by atoms with van der Waals surface area (Å²) < 4.78 is 32.9. The summed E-state index contributed by atoms with van der Waals surface area (Å²) in [4.78, 5) is 26.0. The van der Waals surface area contributed by atoms with Gasteiger partial charge < -0.3 is 28.4 Å². The Kier molecular flexibility index (Phi) is 3.84. The maximum absolute atomic E-state index is 13.4. The molecule has 0 bridgehead atoms. The number of rotatable bonds is 3. The SMILES string of the molecule is COc1cc2c(c(OC)c1OC)-c1cc3c(cc1C(=O)[C@@H]1COC(=O)[C@@H]21)OCO3. The van der Waals surface area contributed by atoms with Gasteiger partial charge in [-0.2, -0.15) is 0 Å². The molecule has 8 heteroatoms. The zero-order valence-corrected chi connectivity index (χ0v) is 16.1. The number of esters is 1. The van der Waals surface area contributed by atoms with Crippen LogP contribution in [0.25, 0.3) is 11.1 Å². The minimum atomic E-state index is -0.768. The van der Waals surface area contributed by atoms with E-state index in [1.807, 2.05) is 0 Å². The molecule has 2 atom stereocenters. The average molecular weight is 398 g/mol. The Morgan fingerprint density at radius 1 is 0.862 bits per heavy atom. The van der Waals surface area contributed by atoms with E-state index in [-0.39, 0.29) is 19.2 Å². The van der Waals surface area contributed by atoms with Crippen molar-refractivity contribution in [3.05, 3.63) is 29.3 Å². The molecule has 0 radical (unpaired) electrons. The van der Waals surface area contributed by atoms with Gasteiger partial charge in [0.15, 0.2) is 28.8 Å². The van der Waals surface area contributed by atoms with E-state index in [1.54, 1.807) is 18.2 Å². The first-order valence-corrected chi connectivity index (χ1v) is 9.06. The number of carbonyl (C=O) groups is 2. The Hall–Kier alpha value is -3.42. The average Bonchev–Trinajstić information content (AvgIpc) is 3.33. The molecule has 5 rings (SSSR count). The molecule has 2 aromatic carbocycles. The fraction of sp³-hybridized carbons (Fsp3) is 0.333. The molecule has 2 aliphatic heterocycles. The van der Waals surface area contributed by atoms with Crippen molar-refractivity contribution in [2.75, 3.05) is 34.7 Å². The summed E-state index contributed by atoms with van der Waals surface area (Å²) in [6.07, 6.45) is 0. The van der Waals surface area contributed by atoms with Crippen LogP contribution in [0, 0.1) is 5.92 Å². The van der Waals surface area contributed by atoms with Gasteiger partial charge in [-0.1, -0.05) is 0 Å². The van der Waals surface area contributed by atoms with E-state index < -0.39 is 17.8 Å². The summed E-state index contributed by atoms with van der Waals surface area (Å²) in [5, 5.41) is 0. The van der Waals surface area contributed by atoms with Gasteiger partial charge in [0, 0.05) is 16.7 Å². The smallest absolute Gasteiger partial charge is 0.314 e. The molecule has 8 nitrogen and oxygen atoms in total. The zero-order chi connectivity index (χ0) is 20.3. The van der Waals surface area contributed by atoms with Gasteiger partial charge in [-0.05, 0) is 23.8 Å². The normalized spacial score (nSPS) is 20.9. The van der Waals surface area contributed by atoms with Crippen molar-refractivity contribution >= 4 is 11.8 Å². The molecule has 0 spiro atoms. The van der Waals surface area contributed by atoms with Gasteiger partial charge in [0.2, 0.25) is 12.5 Å². The summed E-state index contributed by atoms with van der Waals surface area (Å²) in [6.45, 7) is 0.0995. The number of carbonyl (C=O) groups excluding carboxylic acids is 2. The third kappa shape index (κ3) is 2.31. The van der Waals surface area contributed by atoms with Gasteiger partial charge in [-0.3, -0.25) is 9.59 Å². The lowest BCUT2D eigenvalue weighted by Crippen LogP contribution is -2.21. The van der Waals surface area contributed by atoms with E-state index in [1.165, 1.54) is 21.3 Å². The second-order valence-electron chi connectivity index (χ2n) is 6.94. The number of methoxy groups -OCH3 is 3. The van der Waals surface area contributed by atoms with Gasteiger partial charge in [0.1, 0.15) is 6.61 Å². The Morgan fingerprint density at radius 3 is 2.21 bits per heavy atom. The minimum absolute atomic E-state index is 0.0202. The molecule has 0 saturated carbocycles. The van der Waals surface area contributed by atoms with Crippen LogP contribution in [-0.2, 0) is 9.53 Å². The Balaban J connectivity index is 1.91. The number of hydrogen-bond donors (Lipinski definition) is 0. The molecule has 0 N–H and O–H groups in total. The molecule has 0 aromatic heterocycles. The summed E-state index contributed by atoms with van der Waals surface area (Å²) in [5.74, 6) is 0.0942. The number of Topliss-reactive ketones (excluding diaryl/α,β-unsaturated/α-hetero) is 1. The number of hydrogen-bond acceptors (Lipinski definition) is 8. The third-order valence-electron chi connectivity index (χ3n) is 5.64. The van der Waals surface area contributed by atoms with Gasteiger partial charge in [0.25, 0.3) is 0 Å². The van der Waals surface area contributed by atoms with Crippen molar-refractivity contribution in [1.82, 2.24) is 0 Å². The molecule has 3 aliphatic rings. The molecular weight excluding hydrogens is 380 g/mol. The number of cyclic esters (lactones) is 1. The van der Waals surface area contributed by atoms with Crippen LogP contribution in [-0.4, -0.2) is 46.5 Å². The second-order valence-corrected chi connectivity index (χ2v) is 6.94. The fourth-order valence-corrected chi connectivity index (χ4v) is 4.34. The van der Waals surface area contributed by atoms with Crippen molar-refractivity contribution in [2.45, 2.75) is 5.92 Å². The molecular formula is C21H18O8. The van der Waals surface area contributed by atoms with Crippen LogP contribution in [0.1, 0.15) is 21.8 Å². The van der Waals surface area contributed by atoms with Crippen molar-refractivity contribution in [3.8, 4) is 39.9 Å². The summed E-state index contributed by atoms with van der Waals surface area (Å²) >= 11 is 0. The maximum Gasteiger partial charge on any atom is 0.314 e. The van der Waals surface area contributed by atoms with E-state index >= 15 is 0 Å². The maximum atomic E-state index is 13.4. The molecule has 29 heavy (non-hydrogen) atoms. The third-order valence-corrected chi connectivity index (χ3v) is 5.64. The Morgan fingerprint density at radius 2 is 1.55 bits per heavy atom. The number of fused-ring (bicyclic) bond motifs is 6. The zero-order valence-electron chi connectivity index (χ0n) is 16.1. The van der Waals surface area contributed by atoms with Crippen LogP contribution in [0.2, 0.25) is 0 Å². The fourth-order valence-electron chi connectivity index (χ4n) is 4.34. The Bertz CT molecular complexity index is 1060. The van der Waals surface area contributed by atoms with E-state index in [0.717, 1.165) is 0 Å². The van der Waals surface area contributed by atoms with E-state index in [0.29, 0.717) is 51.0 Å². The molecule has 150 valence electrons. The van der Waals surface area contributed by atoms with Crippen LogP contribution < -0.4 is 23.7 Å². The van der Waals surface area contributed by atoms with Gasteiger partial charge in [0.05, 0.1) is 33.2 Å². The van der Waals surface area contributed by atoms with Gasteiger partial charge >= 0.3 is 5.97 Å². The molecule has 0 amide bonds. The molecule has 0 unspecified atom stereocenters. The summed E-state index contributed by atoms with van der Waals surface area (Å²) in [6, 6.07) is 5.12. The van der Waals surface area contributed by atoms with Crippen LogP contribution >= 0.6 is 0 Å². The summed E-state index contributed by atoms with van der Waals surface area (Å²) in [7, 11) is 4.51. The van der Waals surface area contributed by atoms with Crippen molar-refractivity contribution in [2.24, 2.45) is 5.92 Å². The van der Waals surface area contributed by atoms with Crippen molar-refractivity contribution < 1.29 is 38.0 Å². The lowest BCUT2D eigenvalue weighted by atomic mass is 9.84. The predicted molar refractivity (Wildman–Crippen MR) is 99.2 cm³/mol. The van der Waals surface area contributed by atoms with Crippen LogP contribution in [0.5, 0.6) is 28.7 Å². The number of benzene rings is 2. The number of ketones is 1. The van der Waals surface area contributed by atoms with E-state index in [9.17, 15) is 9.59 Å². The largest absolute Gasteiger partial charge is 0.493 e. The van der Waals surface area contributed by atoms with Gasteiger partial charge in [-0.25, -0.2) is 0 Å². The lowest BCUT2D eigenvalue weighted by molar-refractivity contribution is -0.139. The number of ether oxygens (including phenoxy) is 6. The van der Waals surface area contributed by atoms with Gasteiger partial charge in [-0.15, -0.1) is 0 Å². The lowest BCUT2D eigenvalue weighted by Gasteiger charge is -2.21. The highest BCUT2D eigenvalue weighted by Crippen LogP contribution is 2.55. The van der Waals surface area contributed by atoms with E-state index in [2.05, 4.69) is 0 Å². The molecule has 2 aromatic rings. The topological polar surface area (TPSA) is 89.5 Å². The predicted octanol–water partition coefficient (Wildman–Crippen LogP) is 2.56. The highest BCUT2D eigenvalue weighted by molar-refractivity contribution is 6.11. The van der Waals surface area contributed by atoms with Crippen molar-refractivity contribution in [1.29, 1.82) is 0 Å². The minimum Gasteiger partial charge on any atom is -0.493 e. The second kappa shape index (κ2) is 6.30. The van der Waals surface area contributed by atoms with Crippen molar-refractivity contribution in [3.63, 3.8) is 0 Å².